The van der Waals surface area contributed by atoms with Crippen LogP contribution in [0, 0.1) is 5.92 Å². The summed E-state index contributed by atoms with van der Waals surface area (Å²) in [5.41, 5.74) is 0. The van der Waals surface area contributed by atoms with E-state index in [1.165, 1.54) is 38.8 Å². The largest absolute Gasteiger partial charge is 0.391 e. The molecule has 0 aromatic carbocycles. The molecule has 1 aliphatic carbocycles. The first-order chi connectivity index (χ1) is 6.31. The van der Waals surface area contributed by atoms with Crippen LogP contribution in [0.3, 0.4) is 0 Å². The molecule has 0 spiro atoms. The molecule has 2 atom stereocenters. The molecule has 1 heterocycles. The minimum Gasteiger partial charge on any atom is -0.391 e. The van der Waals surface area contributed by atoms with Crippen LogP contribution in [-0.4, -0.2) is 35.2 Å². The zero-order chi connectivity index (χ0) is 9.26. The fourth-order valence-electron chi connectivity index (χ4n) is 2.58. The Morgan fingerprint density at radius 2 is 1.85 bits per heavy atom. The average molecular weight is 183 g/mol. The second-order valence-electron chi connectivity index (χ2n) is 4.60. The Kier molecular flexibility index (Phi) is 2.89. The Bertz CT molecular complexity index is 163. The van der Waals surface area contributed by atoms with E-state index in [1.807, 2.05) is 0 Å². The number of rotatable bonds is 2. The first-order valence-electron chi connectivity index (χ1n) is 5.73. The molecule has 1 saturated heterocycles. The van der Waals surface area contributed by atoms with Gasteiger partial charge in [-0.15, -0.1) is 0 Å². The normalized spacial score (nSPS) is 37.4. The summed E-state index contributed by atoms with van der Waals surface area (Å²) in [5, 5.41) is 9.54. The van der Waals surface area contributed by atoms with E-state index in [0.717, 1.165) is 12.3 Å². The third kappa shape index (κ3) is 1.89. The van der Waals surface area contributed by atoms with Gasteiger partial charge in [0.15, 0.2) is 0 Å². The van der Waals surface area contributed by atoms with Crippen LogP contribution in [0.2, 0.25) is 0 Å². The molecular formula is C11H21NO. The van der Waals surface area contributed by atoms with Gasteiger partial charge in [0.25, 0.3) is 0 Å². The van der Waals surface area contributed by atoms with Crippen molar-refractivity contribution in [2.75, 3.05) is 13.1 Å². The lowest BCUT2D eigenvalue weighted by Gasteiger charge is -2.44. The van der Waals surface area contributed by atoms with Crippen LogP contribution >= 0.6 is 0 Å². The molecule has 0 unspecified atom stereocenters. The Hall–Kier alpha value is -0.0800. The van der Waals surface area contributed by atoms with Gasteiger partial charge in [0.05, 0.1) is 6.10 Å². The lowest BCUT2D eigenvalue weighted by Crippen LogP contribution is -2.52. The van der Waals surface area contributed by atoms with Crippen LogP contribution in [-0.2, 0) is 0 Å². The lowest BCUT2D eigenvalue weighted by molar-refractivity contribution is -0.0338. The predicted molar refractivity (Wildman–Crippen MR) is 53.6 cm³/mol. The molecule has 2 fully saturated rings. The van der Waals surface area contributed by atoms with E-state index in [4.69, 9.17) is 0 Å². The van der Waals surface area contributed by atoms with Gasteiger partial charge < -0.3 is 5.11 Å². The Labute approximate surface area is 80.9 Å². The summed E-state index contributed by atoms with van der Waals surface area (Å²) in [4.78, 5) is 2.50. The molecule has 0 aromatic heterocycles. The molecule has 0 bridgehead atoms. The Morgan fingerprint density at radius 1 is 1.15 bits per heavy atom. The molecule has 1 aliphatic heterocycles. The van der Waals surface area contributed by atoms with Crippen molar-refractivity contribution < 1.29 is 5.11 Å². The maximum absolute atomic E-state index is 9.54. The number of nitrogens with zero attached hydrogens (tertiary/aromatic N) is 1. The highest BCUT2D eigenvalue weighted by Crippen LogP contribution is 2.30. The average Bonchev–Trinajstić information content (AvgIpc) is 2.17. The van der Waals surface area contributed by atoms with E-state index in [9.17, 15) is 5.11 Å². The van der Waals surface area contributed by atoms with E-state index >= 15 is 0 Å². The fourth-order valence-corrected chi connectivity index (χ4v) is 2.58. The van der Waals surface area contributed by atoms with Crippen molar-refractivity contribution in [3.8, 4) is 0 Å². The molecule has 2 nitrogen and oxygen atoms in total. The zero-order valence-electron chi connectivity index (χ0n) is 8.58. The van der Waals surface area contributed by atoms with Crippen molar-refractivity contribution in [2.24, 2.45) is 5.92 Å². The van der Waals surface area contributed by atoms with E-state index < -0.39 is 0 Å². The summed E-state index contributed by atoms with van der Waals surface area (Å²) in [6.07, 6.45) is 6.26. The molecule has 0 radical (unpaired) electrons. The van der Waals surface area contributed by atoms with Crippen molar-refractivity contribution in [1.82, 2.24) is 4.90 Å². The van der Waals surface area contributed by atoms with Crippen LogP contribution in [0.15, 0.2) is 0 Å². The number of hydrogen-bond acceptors (Lipinski definition) is 2. The SMILES string of the molecule is CCC1CCN([C@@H]2CC[C@H]2O)CC1. The van der Waals surface area contributed by atoms with Crippen LogP contribution in [0.1, 0.15) is 39.0 Å². The zero-order valence-corrected chi connectivity index (χ0v) is 8.58. The highest BCUT2D eigenvalue weighted by atomic mass is 16.3. The van der Waals surface area contributed by atoms with Crippen LogP contribution < -0.4 is 0 Å². The molecule has 2 heteroatoms. The second-order valence-corrected chi connectivity index (χ2v) is 4.60. The van der Waals surface area contributed by atoms with E-state index in [1.54, 1.807) is 0 Å². The Morgan fingerprint density at radius 3 is 2.23 bits per heavy atom. The maximum atomic E-state index is 9.54. The van der Waals surface area contributed by atoms with Crippen LogP contribution in [0.25, 0.3) is 0 Å². The first-order valence-corrected chi connectivity index (χ1v) is 5.73. The molecular weight excluding hydrogens is 162 g/mol. The van der Waals surface area contributed by atoms with Crippen molar-refractivity contribution in [3.05, 3.63) is 0 Å². The second kappa shape index (κ2) is 3.97. The quantitative estimate of drug-likeness (QED) is 0.703. The maximum Gasteiger partial charge on any atom is 0.0696 e. The number of piperidine rings is 1. The summed E-state index contributed by atoms with van der Waals surface area (Å²) in [6, 6.07) is 0.512. The molecule has 2 rings (SSSR count). The number of hydrogen-bond donors (Lipinski definition) is 1. The standard InChI is InChI=1S/C11H21NO/c1-2-9-5-7-12(8-6-9)10-3-4-11(10)13/h9-11,13H,2-8H2,1H3/t10-,11-/m1/s1. The smallest absolute Gasteiger partial charge is 0.0696 e. The lowest BCUT2D eigenvalue weighted by atomic mass is 9.85. The van der Waals surface area contributed by atoms with Gasteiger partial charge in [-0.2, -0.15) is 0 Å². The molecule has 1 saturated carbocycles. The molecule has 76 valence electrons. The van der Waals surface area contributed by atoms with E-state index in [-0.39, 0.29) is 6.10 Å². The summed E-state index contributed by atoms with van der Waals surface area (Å²) in [7, 11) is 0. The summed E-state index contributed by atoms with van der Waals surface area (Å²) >= 11 is 0. The van der Waals surface area contributed by atoms with Gasteiger partial charge in [-0.05, 0) is 44.7 Å². The first kappa shape index (κ1) is 9.47. The minimum absolute atomic E-state index is 0.0156. The van der Waals surface area contributed by atoms with Gasteiger partial charge in [-0.25, -0.2) is 0 Å². The van der Waals surface area contributed by atoms with Gasteiger partial charge in [0, 0.05) is 6.04 Å². The highest BCUT2D eigenvalue weighted by Gasteiger charge is 2.35. The highest BCUT2D eigenvalue weighted by molar-refractivity contribution is 4.90. The minimum atomic E-state index is -0.0156. The van der Waals surface area contributed by atoms with Gasteiger partial charge >= 0.3 is 0 Å². The van der Waals surface area contributed by atoms with Gasteiger partial charge in [0.1, 0.15) is 0 Å². The number of likely N-dealkylation sites (tertiary alicyclic amines) is 1. The molecule has 2 aliphatic rings. The number of aliphatic hydroxyl groups is 1. The predicted octanol–water partition coefficient (Wildman–Crippen LogP) is 1.63. The van der Waals surface area contributed by atoms with Crippen molar-refractivity contribution in [1.29, 1.82) is 0 Å². The van der Waals surface area contributed by atoms with Crippen molar-refractivity contribution >= 4 is 0 Å². The molecule has 13 heavy (non-hydrogen) atoms. The van der Waals surface area contributed by atoms with Gasteiger partial charge in [-0.1, -0.05) is 13.3 Å². The number of aliphatic hydroxyl groups excluding tert-OH is 1. The van der Waals surface area contributed by atoms with E-state index in [0.29, 0.717) is 6.04 Å². The summed E-state index contributed by atoms with van der Waals surface area (Å²) in [5.74, 6) is 0.952. The van der Waals surface area contributed by atoms with E-state index in [2.05, 4.69) is 11.8 Å². The molecule has 0 amide bonds. The fraction of sp³-hybridized carbons (Fsp3) is 1.00. The third-order valence-corrected chi connectivity index (χ3v) is 3.90. The Balaban J connectivity index is 1.77. The summed E-state index contributed by atoms with van der Waals surface area (Å²) in [6.45, 7) is 4.74. The van der Waals surface area contributed by atoms with Crippen molar-refractivity contribution in [3.63, 3.8) is 0 Å². The molecule has 1 N–H and O–H groups in total. The van der Waals surface area contributed by atoms with Crippen molar-refractivity contribution in [2.45, 2.75) is 51.2 Å². The monoisotopic (exact) mass is 183 g/mol. The van der Waals surface area contributed by atoms with Gasteiger partial charge in [0.2, 0.25) is 0 Å². The third-order valence-electron chi connectivity index (χ3n) is 3.90. The van der Waals surface area contributed by atoms with Crippen LogP contribution in [0.4, 0.5) is 0 Å². The van der Waals surface area contributed by atoms with Gasteiger partial charge in [-0.3, -0.25) is 4.90 Å². The van der Waals surface area contributed by atoms with Crippen LogP contribution in [0.5, 0.6) is 0 Å². The topological polar surface area (TPSA) is 23.5 Å². The molecule has 0 aromatic rings. The summed E-state index contributed by atoms with van der Waals surface area (Å²) < 4.78 is 0.